The van der Waals surface area contributed by atoms with Gasteiger partial charge < -0.3 is 4.74 Å². The van der Waals surface area contributed by atoms with Crippen molar-refractivity contribution in [1.82, 2.24) is 5.32 Å². The zero-order chi connectivity index (χ0) is 24.4. The smallest absolute Gasteiger partial charge is 0.335 e. The Morgan fingerprint density at radius 1 is 0.941 bits per heavy atom. The second-order valence-electron chi connectivity index (χ2n) is 7.16. The summed E-state index contributed by atoms with van der Waals surface area (Å²) in [6.07, 6.45) is 1.37. The van der Waals surface area contributed by atoms with Crippen LogP contribution in [0.5, 0.6) is 5.75 Å². The molecule has 1 N–H and O–H groups in total. The van der Waals surface area contributed by atoms with Crippen molar-refractivity contribution in [3.8, 4) is 5.75 Å². The standard InChI is InChI=1S/C24H14BrCl3N2O4/c25-15-4-7-21(34-12-13-2-1-3-16(26)8-13)14(9-15)10-18-22(31)29-24(33)30(23(18)32)17-5-6-19(27)20(28)11-17/h1-11H,12H2,(H,29,31,33)/b18-10+. The highest BCUT2D eigenvalue weighted by Gasteiger charge is 2.37. The Labute approximate surface area is 218 Å². The Hall–Kier alpha value is -2.84. The SMILES string of the molecule is O=C1NC(=O)N(c2ccc(Cl)c(Cl)c2)C(=O)/C1=C/c1cc(Br)ccc1OCc1cccc(Cl)c1. The fraction of sp³-hybridized carbons (Fsp3) is 0.0417. The molecule has 1 aliphatic rings. The van der Waals surface area contributed by atoms with Crippen LogP contribution in [0.25, 0.3) is 6.08 Å². The first kappa shape index (κ1) is 24.3. The molecular formula is C24H14BrCl3N2O4. The van der Waals surface area contributed by atoms with Crippen LogP contribution in [-0.4, -0.2) is 17.8 Å². The van der Waals surface area contributed by atoms with E-state index in [1.807, 2.05) is 12.1 Å². The summed E-state index contributed by atoms with van der Waals surface area (Å²) in [7, 11) is 0. The van der Waals surface area contributed by atoms with Crippen LogP contribution >= 0.6 is 50.7 Å². The molecular weight excluding hydrogens is 567 g/mol. The largest absolute Gasteiger partial charge is 0.488 e. The summed E-state index contributed by atoms with van der Waals surface area (Å²) in [5.74, 6) is -1.21. The summed E-state index contributed by atoms with van der Waals surface area (Å²) in [6, 6.07) is 15.8. The molecule has 0 atom stereocenters. The van der Waals surface area contributed by atoms with Crippen molar-refractivity contribution in [2.45, 2.75) is 6.61 Å². The molecule has 1 aliphatic heterocycles. The van der Waals surface area contributed by atoms with Gasteiger partial charge >= 0.3 is 6.03 Å². The number of carbonyl (C=O) groups is 3. The third-order valence-electron chi connectivity index (χ3n) is 4.82. The summed E-state index contributed by atoms with van der Waals surface area (Å²) in [4.78, 5) is 39.0. The molecule has 3 aromatic rings. The number of nitrogens with zero attached hydrogens (tertiary/aromatic N) is 1. The number of ether oxygens (including phenoxy) is 1. The molecule has 4 amide bonds. The lowest BCUT2D eigenvalue weighted by Gasteiger charge is -2.26. The summed E-state index contributed by atoms with van der Waals surface area (Å²) >= 11 is 21.4. The second-order valence-corrected chi connectivity index (χ2v) is 9.32. The first-order chi connectivity index (χ1) is 16.2. The highest BCUT2D eigenvalue weighted by molar-refractivity contribution is 9.10. The van der Waals surface area contributed by atoms with Gasteiger partial charge in [-0.1, -0.05) is 62.9 Å². The molecule has 0 radical (unpaired) electrons. The Bertz CT molecular complexity index is 1360. The lowest BCUT2D eigenvalue weighted by Crippen LogP contribution is -2.54. The molecule has 10 heteroatoms. The number of anilines is 1. The van der Waals surface area contributed by atoms with Gasteiger partial charge in [-0.2, -0.15) is 0 Å². The normalized spacial score (nSPS) is 15.0. The van der Waals surface area contributed by atoms with Crippen molar-refractivity contribution in [2.24, 2.45) is 0 Å². The maximum Gasteiger partial charge on any atom is 0.335 e. The first-order valence-electron chi connectivity index (χ1n) is 9.76. The number of urea groups is 1. The highest BCUT2D eigenvalue weighted by Crippen LogP contribution is 2.31. The quantitative estimate of drug-likeness (QED) is 0.271. The van der Waals surface area contributed by atoms with E-state index in [0.29, 0.717) is 20.8 Å². The van der Waals surface area contributed by atoms with Gasteiger partial charge in [0.2, 0.25) is 0 Å². The molecule has 0 aliphatic carbocycles. The van der Waals surface area contributed by atoms with Gasteiger partial charge in [-0.15, -0.1) is 0 Å². The molecule has 0 spiro atoms. The lowest BCUT2D eigenvalue weighted by molar-refractivity contribution is -0.122. The van der Waals surface area contributed by atoms with Crippen LogP contribution in [0.4, 0.5) is 10.5 Å². The van der Waals surface area contributed by atoms with Gasteiger partial charge in [-0.25, -0.2) is 9.69 Å². The zero-order valence-electron chi connectivity index (χ0n) is 17.2. The minimum absolute atomic E-state index is 0.158. The monoisotopic (exact) mass is 578 g/mol. The van der Waals surface area contributed by atoms with Crippen molar-refractivity contribution in [2.75, 3.05) is 4.90 Å². The molecule has 4 rings (SSSR count). The third-order valence-corrected chi connectivity index (χ3v) is 6.29. The average molecular weight is 581 g/mol. The fourth-order valence-electron chi connectivity index (χ4n) is 3.22. The summed E-state index contributed by atoms with van der Waals surface area (Å²) in [5.41, 5.74) is 1.22. The predicted octanol–water partition coefficient (Wildman–Crippen LogP) is 6.65. The van der Waals surface area contributed by atoms with Crippen LogP contribution in [-0.2, 0) is 16.2 Å². The van der Waals surface area contributed by atoms with Crippen molar-refractivity contribution < 1.29 is 19.1 Å². The maximum absolute atomic E-state index is 13.2. The van der Waals surface area contributed by atoms with Crippen LogP contribution < -0.4 is 15.0 Å². The number of benzene rings is 3. The van der Waals surface area contributed by atoms with E-state index >= 15 is 0 Å². The molecule has 1 heterocycles. The maximum atomic E-state index is 13.2. The van der Waals surface area contributed by atoms with Crippen LogP contribution in [0.2, 0.25) is 15.1 Å². The minimum atomic E-state index is -0.891. The van der Waals surface area contributed by atoms with Gasteiger partial charge in [0, 0.05) is 15.1 Å². The van der Waals surface area contributed by atoms with Crippen LogP contribution in [0, 0.1) is 0 Å². The number of amides is 4. The van der Waals surface area contributed by atoms with E-state index in [0.717, 1.165) is 10.5 Å². The Morgan fingerprint density at radius 2 is 1.74 bits per heavy atom. The molecule has 0 saturated carbocycles. The van der Waals surface area contributed by atoms with E-state index in [1.54, 1.807) is 30.3 Å². The second kappa shape index (κ2) is 10.2. The van der Waals surface area contributed by atoms with E-state index in [4.69, 9.17) is 39.5 Å². The molecule has 172 valence electrons. The number of rotatable bonds is 5. The lowest BCUT2D eigenvalue weighted by atomic mass is 10.1. The van der Waals surface area contributed by atoms with Crippen molar-refractivity contribution in [3.05, 3.63) is 96.9 Å². The topological polar surface area (TPSA) is 75.7 Å². The van der Waals surface area contributed by atoms with Gasteiger partial charge in [-0.3, -0.25) is 14.9 Å². The number of hydrogen-bond donors (Lipinski definition) is 1. The average Bonchev–Trinajstić information content (AvgIpc) is 2.78. The zero-order valence-corrected chi connectivity index (χ0v) is 21.0. The Kier molecular flexibility index (Phi) is 7.28. The molecule has 0 bridgehead atoms. The van der Waals surface area contributed by atoms with Gasteiger partial charge in [-0.05, 0) is 60.2 Å². The Morgan fingerprint density at radius 3 is 2.47 bits per heavy atom. The van der Waals surface area contributed by atoms with Crippen LogP contribution in [0.3, 0.4) is 0 Å². The molecule has 34 heavy (non-hydrogen) atoms. The number of barbiturate groups is 1. The summed E-state index contributed by atoms with van der Waals surface area (Å²) in [6.45, 7) is 0.215. The van der Waals surface area contributed by atoms with E-state index in [-0.39, 0.29) is 27.9 Å². The van der Waals surface area contributed by atoms with E-state index in [9.17, 15) is 14.4 Å². The van der Waals surface area contributed by atoms with E-state index in [1.165, 1.54) is 24.3 Å². The van der Waals surface area contributed by atoms with Gasteiger partial charge in [0.05, 0.1) is 15.7 Å². The number of imide groups is 2. The van der Waals surface area contributed by atoms with Crippen molar-refractivity contribution in [1.29, 1.82) is 0 Å². The fourth-order valence-corrected chi connectivity index (χ4v) is 4.11. The van der Waals surface area contributed by atoms with E-state index < -0.39 is 17.8 Å². The number of hydrogen-bond acceptors (Lipinski definition) is 4. The molecule has 0 aromatic heterocycles. The van der Waals surface area contributed by atoms with Crippen LogP contribution in [0.1, 0.15) is 11.1 Å². The molecule has 1 fully saturated rings. The highest BCUT2D eigenvalue weighted by atomic mass is 79.9. The Balaban J connectivity index is 1.68. The summed E-state index contributed by atoms with van der Waals surface area (Å²) in [5, 5.41) is 3.18. The number of nitrogens with one attached hydrogen (secondary N) is 1. The van der Waals surface area contributed by atoms with E-state index in [2.05, 4.69) is 21.2 Å². The van der Waals surface area contributed by atoms with Gasteiger partial charge in [0.25, 0.3) is 11.8 Å². The number of carbonyl (C=O) groups excluding carboxylic acids is 3. The number of halogens is 4. The minimum Gasteiger partial charge on any atom is -0.488 e. The predicted molar refractivity (Wildman–Crippen MR) is 135 cm³/mol. The summed E-state index contributed by atoms with van der Waals surface area (Å²) < 4.78 is 6.63. The molecule has 6 nitrogen and oxygen atoms in total. The molecule has 0 unspecified atom stereocenters. The van der Waals surface area contributed by atoms with Crippen LogP contribution in [0.15, 0.2) is 70.7 Å². The van der Waals surface area contributed by atoms with Gasteiger partial charge in [0.1, 0.15) is 17.9 Å². The van der Waals surface area contributed by atoms with Crippen molar-refractivity contribution >= 4 is 80.3 Å². The van der Waals surface area contributed by atoms with Gasteiger partial charge in [0.15, 0.2) is 0 Å². The molecule has 3 aromatic carbocycles. The molecule has 1 saturated heterocycles. The first-order valence-corrected chi connectivity index (χ1v) is 11.7. The van der Waals surface area contributed by atoms with Crippen molar-refractivity contribution in [3.63, 3.8) is 0 Å². The third kappa shape index (κ3) is 5.28.